The second-order valence-electron chi connectivity index (χ2n) is 16.1. The summed E-state index contributed by atoms with van der Waals surface area (Å²) in [5.74, 6) is -9.00. The molecule has 25 nitrogen and oxygen atoms in total. The van der Waals surface area contributed by atoms with E-state index in [9.17, 15) is 47.9 Å². The van der Waals surface area contributed by atoms with Crippen molar-refractivity contribution in [2.45, 2.75) is 143 Å². The van der Waals surface area contributed by atoms with E-state index in [1.54, 1.807) is 19.1 Å². The summed E-state index contributed by atoms with van der Waals surface area (Å²) < 4.78 is 83.6. The Morgan fingerprint density at radius 3 is 1.44 bits per heavy atom. The highest BCUT2D eigenvalue weighted by molar-refractivity contribution is 5.90. The molecular formula is C47H58O25. The molecule has 2 saturated heterocycles. The molecule has 0 radical (unpaired) electrons. The van der Waals surface area contributed by atoms with Crippen molar-refractivity contribution in [2.75, 3.05) is 26.9 Å². The van der Waals surface area contributed by atoms with Gasteiger partial charge in [-0.2, -0.15) is 0 Å². The highest BCUT2D eigenvalue weighted by Crippen LogP contribution is 2.38. The maximum Gasteiger partial charge on any atom is 0.337 e. The van der Waals surface area contributed by atoms with Crippen molar-refractivity contribution in [2.24, 2.45) is 5.92 Å². The minimum Gasteiger partial charge on any atom is -0.468 e. The molecule has 25 heteroatoms. The van der Waals surface area contributed by atoms with Crippen LogP contribution < -0.4 is 4.74 Å². The van der Waals surface area contributed by atoms with Crippen LogP contribution in [0.5, 0.6) is 5.75 Å². The molecule has 4 rings (SSSR count). The lowest BCUT2D eigenvalue weighted by molar-refractivity contribution is -0.331. The van der Waals surface area contributed by atoms with Crippen molar-refractivity contribution in [3.8, 4) is 5.75 Å². The molecule has 0 aromatic heterocycles. The van der Waals surface area contributed by atoms with Gasteiger partial charge < -0.3 is 71.1 Å². The van der Waals surface area contributed by atoms with Crippen LogP contribution in [-0.2, 0) is 121 Å². The molecule has 396 valence electrons. The fourth-order valence-corrected chi connectivity index (χ4v) is 7.70. The Morgan fingerprint density at radius 1 is 0.556 bits per heavy atom. The molecule has 3 unspecified atom stereocenters. The predicted octanol–water partition coefficient (Wildman–Crippen LogP) is 1.70. The van der Waals surface area contributed by atoms with E-state index in [-0.39, 0.29) is 29.9 Å². The second-order valence-corrected chi connectivity index (χ2v) is 16.1. The van der Waals surface area contributed by atoms with E-state index in [1.165, 1.54) is 18.2 Å². The molecule has 3 aliphatic rings. The number of allylic oxidation sites excluding steroid dienone is 1. The number of hydrogen-bond acceptors (Lipinski definition) is 25. The van der Waals surface area contributed by atoms with Gasteiger partial charge in [-0.3, -0.25) is 43.2 Å². The quantitative estimate of drug-likeness (QED) is 0.102. The average Bonchev–Trinajstić information content (AvgIpc) is 3.28. The number of carbonyl (C=O) groups is 10. The lowest BCUT2D eigenvalue weighted by atomic mass is 9.86. The molecule has 0 amide bonds. The first-order valence-electron chi connectivity index (χ1n) is 22.3. The third-order valence-electron chi connectivity index (χ3n) is 10.5. The SMILES string of the molecule is C/C=C1\C(CC(=O)OCCc2ccc(OC3O[C@H](COC(C)=O)[C@@H](OC(C)=O)[C@H](OC(C)=O)[C@H]3OC(C)=O)cc2)C(C(=O)OC)=CO[C@H]1OC1O[C@H](COC(C)=O)[C@@H](OC(C)=O)[C@H](OC(C)=O)[C@H]1OC(C)=O. The van der Waals surface area contributed by atoms with E-state index in [2.05, 4.69) is 0 Å². The van der Waals surface area contributed by atoms with E-state index in [0.717, 1.165) is 68.8 Å². The van der Waals surface area contributed by atoms with Gasteiger partial charge in [-0.15, -0.1) is 0 Å². The molecule has 72 heavy (non-hydrogen) atoms. The van der Waals surface area contributed by atoms with Crippen LogP contribution in [0.2, 0.25) is 0 Å². The summed E-state index contributed by atoms with van der Waals surface area (Å²) in [7, 11) is 1.12. The van der Waals surface area contributed by atoms with Crippen LogP contribution in [0.3, 0.4) is 0 Å². The predicted molar refractivity (Wildman–Crippen MR) is 234 cm³/mol. The molecule has 3 aliphatic heterocycles. The summed E-state index contributed by atoms with van der Waals surface area (Å²) in [4.78, 5) is 123. The first-order valence-corrected chi connectivity index (χ1v) is 22.3. The molecule has 0 N–H and O–H groups in total. The van der Waals surface area contributed by atoms with Crippen LogP contribution in [0, 0.1) is 5.92 Å². The minimum absolute atomic E-state index is 0.101. The monoisotopic (exact) mass is 1020 g/mol. The average molecular weight is 1020 g/mol. The fraction of sp³-hybridized carbons (Fsp3) is 0.574. The molecule has 0 aliphatic carbocycles. The number of rotatable bonds is 20. The number of hydrogen-bond donors (Lipinski definition) is 0. The van der Waals surface area contributed by atoms with Gasteiger partial charge in [0.25, 0.3) is 0 Å². The van der Waals surface area contributed by atoms with E-state index >= 15 is 0 Å². The van der Waals surface area contributed by atoms with Crippen LogP contribution in [0.15, 0.2) is 47.7 Å². The smallest absolute Gasteiger partial charge is 0.337 e. The van der Waals surface area contributed by atoms with Gasteiger partial charge in [-0.05, 0) is 24.6 Å². The largest absolute Gasteiger partial charge is 0.468 e. The Labute approximate surface area is 412 Å². The summed E-state index contributed by atoms with van der Waals surface area (Å²) in [6, 6.07) is 6.28. The molecule has 2 fully saturated rings. The fourth-order valence-electron chi connectivity index (χ4n) is 7.70. The van der Waals surface area contributed by atoms with Gasteiger partial charge in [-0.1, -0.05) is 18.2 Å². The van der Waals surface area contributed by atoms with Crippen LogP contribution in [0.25, 0.3) is 0 Å². The van der Waals surface area contributed by atoms with Crippen molar-refractivity contribution >= 4 is 59.7 Å². The van der Waals surface area contributed by atoms with Crippen molar-refractivity contribution in [3.05, 3.63) is 53.3 Å². The van der Waals surface area contributed by atoms with Crippen molar-refractivity contribution in [3.63, 3.8) is 0 Å². The minimum atomic E-state index is -1.69. The maximum atomic E-state index is 13.5. The van der Waals surface area contributed by atoms with Gasteiger partial charge in [0.05, 0.1) is 32.0 Å². The van der Waals surface area contributed by atoms with Crippen molar-refractivity contribution in [1.29, 1.82) is 0 Å². The maximum absolute atomic E-state index is 13.5. The first-order chi connectivity index (χ1) is 34.0. The van der Waals surface area contributed by atoms with E-state index in [0.29, 0.717) is 5.56 Å². The molecule has 0 spiro atoms. The highest BCUT2D eigenvalue weighted by atomic mass is 16.8. The summed E-state index contributed by atoms with van der Waals surface area (Å²) in [6.07, 6.45) is -14.0. The molecule has 1 aromatic rings. The first kappa shape index (κ1) is 57.5. The molecule has 0 saturated carbocycles. The van der Waals surface area contributed by atoms with Gasteiger partial charge in [0.1, 0.15) is 31.2 Å². The Kier molecular flexibility index (Phi) is 21.5. The number of methoxy groups -OCH3 is 1. The number of ether oxygens (including phenoxy) is 15. The summed E-state index contributed by atoms with van der Waals surface area (Å²) in [5, 5.41) is 0. The number of esters is 10. The highest BCUT2D eigenvalue weighted by Gasteiger charge is 2.55. The van der Waals surface area contributed by atoms with Crippen molar-refractivity contribution < 1.29 is 119 Å². The molecule has 3 heterocycles. The summed E-state index contributed by atoms with van der Waals surface area (Å²) in [5.41, 5.74) is 0.719. The van der Waals surface area contributed by atoms with Crippen molar-refractivity contribution in [1.82, 2.24) is 0 Å². The van der Waals surface area contributed by atoms with Gasteiger partial charge in [0.15, 0.2) is 30.5 Å². The van der Waals surface area contributed by atoms with Crippen LogP contribution in [0.1, 0.15) is 74.3 Å². The Balaban J connectivity index is 1.51. The third kappa shape index (κ3) is 16.8. The normalized spacial score (nSPS) is 27.2. The van der Waals surface area contributed by atoms with Crippen LogP contribution in [0.4, 0.5) is 0 Å². The Hall–Kier alpha value is -7.12. The lowest BCUT2D eigenvalue weighted by Gasteiger charge is -2.45. The van der Waals surface area contributed by atoms with Gasteiger partial charge in [0.2, 0.25) is 25.0 Å². The number of carbonyl (C=O) groups excluding carboxylic acids is 10. The Bertz CT molecular complexity index is 2220. The molecule has 0 bridgehead atoms. The van der Waals surface area contributed by atoms with E-state index in [1.807, 2.05) is 0 Å². The zero-order valence-corrected chi connectivity index (χ0v) is 41.1. The zero-order valence-electron chi connectivity index (χ0n) is 41.1. The summed E-state index contributed by atoms with van der Waals surface area (Å²) >= 11 is 0. The number of benzene rings is 1. The van der Waals surface area contributed by atoms with Crippen LogP contribution >= 0.6 is 0 Å². The molecule has 12 atom stereocenters. The van der Waals surface area contributed by atoms with Gasteiger partial charge in [-0.25, -0.2) is 4.79 Å². The second kappa shape index (κ2) is 26.9. The molecular weight excluding hydrogens is 964 g/mol. The van der Waals surface area contributed by atoms with Gasteiger partial charge in [0, 0.05) is 73.3 Å². The van der Waals surface area contributed by atoms with Gasteiger partial charge >= 0.3 is 59.7 Å². The van der Waals surface area contributed by atoms with E-state index < -0.39 is 153 Å². The Morgan fingerprint density at radius 2 is 1.00 bits per heavy atom. The lowest BCUT2D eigenvalue weighted by Crippen LogP contribution is -2.63. The van der Waals surface area contributed by atoms with Crippen LogP contribution in [-0.4, -0.2) is 154 Å². The van der Waals surface area contributed by atoms with E-state index in [4.69, 9.17) is 71.1 Å². The molecule has 1 aromatic carbocycles. The topological polar surface area (TPSA) is 309 Å². The standard InChI is InChI=1S/C47H58O25/c1-11-32-33(34(44(57)58-10)19-62-45(32)72-47-43(68-29(9)55)41(66-27(7)53)39(64-25(5)51)36(71-47)21-61-23(3)49)18-37(56)59-17-16-30-12-14-31(15-13-30)69-46-42(67-28(8)54)40(65-26(6)52)38(63-24(4)50)35(70-46)20-60-22(2)48/h11-15,19,33,35-36,38-43,45-47H,16-18,20-21H2,1-10H3/b32-11+/t33?,35-,36-,38-,39-,40+,41+,42-,43-,45+,46?,47?/m1/s1. The zero-order chi connectivity index (χ0) is 53.4. The summed E-state index contributed by atoms with van der Waals surface area (Å²) in [6.45, 7) is 9.12. The third-order valence-corrected chi connectivity index (χ3v) is 10.5.